The van der Waals surface area contributed by atoms with Gasteiger partial charge in [-0.15, -0.1) is 0 Å². The second-order valence-corrected chi connectivity index (χ2v) is 5.33. The molecule has 2 rings (SSSR count). The summed E-state index contributed by atoms with van der Waals surface area (Å²) in [6.07, 6.45) is -6.18. The molecule has 5 N–H and O–H groups in total. The highest BCUT2D eigenvalue weighted by Gasteiger charge is 2.43. The molecule has 1 aliphatic heterocycles. The first-order valence-corrected chi connectivity index (χ1v) is 7.24. The first-order valence-electron chi connectivity index (χ1n) is 7.24. The molecule has 23 heavy (non-hydrogen) atoms. The van der Waals surface area contributed by atoms with E-state index >= 15 is 0 Å². The number of ether oxygens (including phenoxy) is 2. The van der Waals surface area contributed by atoms with Gasteiger partial charge in [-0.2, -0.15) is 0 Å². The minimum Gasteiger partial charge on any atom is -0.426 e. The lowest BCUT2D eigenvalue weighted by molar-refractivity contribution is -0.236. The predicted octanol–water partition coefficient (Wildman–Crippen LogP) is -1.50. The molecule has 1 fully saturated rings. The van der Waals surface area contributed by atoms with Gasteiger partial charge < -0.3 is 29.9 Å². The van der Waals surface area contributed by atoms with Crippen molar-refractivity contribution in [3.63, 3.8) is 0 Å². The van der Waals surface area contributed by atoms with Crippen LogP contribution in [0.25, 0.3) is 0 Å². The number of hydrogen-bond donors (Lipinski definition) is 5. The van der Waals surface area contributed by atoms with Crippen LogP contribution in [0.2, 0.25) is 0 Å². The second-order valence-electron chi connectivity index (χ2n) is 5.33. The first kappa shape index (κ1) is 17.8. The van der Waals surface area contributed by atoms with Crippen molar-refractivity contribution in [2.45, 2.75) is 44.1 Å². The Labute approximate surface area is 133 Å². The maximum atomic E-state index is 11.1. The fourth-order valence-corrected chi connectivity index (χ4v) is 2.39. The Kier molecular flexibility index (Phi) is 6.05. The lowest BCUT2D eigenvalue weighted by atomic mass is 9.98. The average molecular weight is 327 g/mol. The summed E-state index contributed by atoms with van der Waals surface area (Å²) in [6.45, 7) is 0.987. The smallest absolute Gasteiger partial charge is 0.308 e. The van der Waals surface area contributed by atoms with E-state index in [0.717, 1.165) is 0 Å². The van der Waals surface area contributed by atoms with Crippen molar-refractivity contribution in [3.8, 4) is 5.75 Å². The highest BCUT2D eigenvalue weighted by atomic mass is 16.6. The number of hydrogen-bond acceptors (Lipinski definition) is 8. The molecule has 8 nitrogen and oxygen atoms in total. The Morgan fingerprint density at radius 3 is 2.57 bits per heavy atom. The van der Waals surface area contributed by atoms with Crippen LogP contribution >= 0.6 is 0 Å². The molecule has 1 heterocycles. The minimum absolute atomic E-state index is 0.187. The van der Waals surface area contributed by atoms with Crippen molar-refractivity contribution < 1.29 is 34.7 Å². The summed E-state index contributed by atoms with van der Waals surface area (Å²) in [7, 11) is 0. The van der Waals surface area contributed by atoms with Crippen LogP contribution in [-0.2, 0) is 16.1 Å². The fraction of sp³-hybridized carbons (Fsp3) is 0.533. The summed E-state index contributed by atoms with van der Waals surface area (Å²) in [6, 6.07) is 6.84. The number of carbonyl (C=O) groups is 1. The topological polar surface area (TPSA) is 128 Å². The number of esters is 1. The van der Waals surface area contributed by atoms with E-state index < -0.39 is 43.2 Å². The highest BCUT2D eigenvalue weighted by Crippen LogP contribution is 2.22. The minimum atomic E-state index is -1.44. The third-order valence-electron chi connectivity index (χ3n) is 3.61. The maximum Gasteiger partial charge on any atom is 0.308 e. The van der Waals surface area contributed by atoms with Crippen LogP contribution in [0.3, 0.4) is 0 Å². The molecular formula is C15H21NO7. The SMILES string of the molecule is CC(=O)Oc1ccccc1CNC1O[C@H](CO)[C@H](O)[C@@H](O)[C@@H]1O. The van der Waals surface area contributed by atoms with Gasteiger partial charge in [0.2, 0.25) is 0 Å². The largest absolute Gasteiger partial charge is 0.426 e. The van der Waals surface area contributed by atoms with Crippen LogP contribution in [0.5, 0.6) is 5.75 Å². The summed E-state index contributed by atoms with van der Waals surface area (Å²) in [4.78, 5) is 11.1. The number of carbonyl (C=O) groups excluding carboxylic acids is 1. The van der Waals surface area contributed by atoms with Gasteiger partial charge in [-0.1, -0.05) is 18.2 Å². The molecule has 1 saturated heterocycles. The molecule has 1 aromatic rings. The summed E-state index contributed by atoms with van der Waals surface area (Å²) in [5.41, 5.74) is 0.652. The summed E-state index contributed by atoms with van der Waals surface area (Å²) in [5, 5.41) is 41.4. The van der Waals surface area contributed by atoms with E-state index in [-0.39, 0.29) is 6.54 Å². The van der Waals surface area contributed by atoms with Crippen LogP contribution in [0.4, 0.5) is 0 Å². The van der Waals surface area contributed by atoms with Gasteiger partial charge in [0, 0.05) is 19.0 Å². The van der Waals surface area contributed by atoms with Crippen molar-refractivity contribution in [2.24, 2.45) is 0 Å². The molecule has 0 bridgehead atoms. The van der Waals surface area contributed by atoms with Gasteiger partial charge in [-0.05, 0) is 6.07 Å². The predicted molar refractivity (Wildman–Crippen MR) is 78.4 cm³/mol. The molecule has 0 saturated carbocycles. The van der Waals surface area contributed by atoms with Gasteiger partial charge in [-0.25, -0.2) is 0 Å². The molecule has 0 aliphatic carbocycles. The molecule has 0 radical (unpaired) electrons. The highest BCUT2D eigenvalue weighted by molar-refractivity contribution is 5.69. The number of rotatable bonds is 5. The normalized spacial score (nSPS) is 30.9. The lowest BCUT2D eigenvalue weighted by Gasteiger charge is -2.40. The van der Waals surface area contributed by atoms with Crippen LogP contribution in [0, 0.1) is 0 Å². The number of para-hydroxylation sites is 1. The molecule has 0 aromatic heterocycles. The monoisotopic (exact) mass is 327 g/mol. The molecule has 0 amide bonds. The maximum absolute atomic E-state index is 11.1. The Hall–Kier alpha value is -1.55. The first-order chi connectivity index (χ1) is 10.9. The Morgan fingerprint density at radius 1 is 1.22 bits per heavy atom. The average Bonchev–Trinajstić information content (AvgIpc) is 2.53. The Bertz CT molecular complexity index is 536. The molecule has 1 aromatic carbocycles. The molecule has 0 spiro atoms. The third-order valence-corrected chi connectivity index (χ3v) is 3.61. The van der Waals surface area contributed by atoms with Crippen molar-refractivity contribution in [1.29, 1.82) is 0 Å². The number of benzene rings is 1. The van der Waals surface area contributed by atoms with Crippen molar-refractivity contribution in [2.75, 3.05) is 6.61 Å². The van der Waals surface area contributed by atoms with Crippen LogP contribution in [0.15, 0.2) is 24.3 Å². The molecular weight excluding hydrogens is 306 g/mol. The van der Waals surface area contributed by atoms with Gasteiger partial charge in [0.25, 0.3) is 0 Å². The van der Waals surface area contributed by atoms with Gasteiger partial charge in [0.1, 0.15) is 36.4 Å². The molecule has 5 atom stereocenters. The second kappa shape index (κ2) is 7.82. The van der Waals surface area contributed by atoms with E-state index in [4.69, 9.17) is 14.6 Å². The summed E-state index contributed by atoms with van der Waals surface area (Å²) in [5.74, 6) is -0.0811. The van der Waals surface area contributed by atoms with Crippen LogP contribution < -0.4 is 10.1 Å². The summed E-state index contributed by atoms with van der Waals surface area (Å²) < 4.78 is 10.4. The van der Waals surface area contributed by atoms with Crippen molar-refractivity contribution in [3.05, 3.63) is 29.8 Å². The van der Waals surface area contributed by atoms with E-state index in [2.05, 4.69) is 5.32 Å². The van der Waals surface area contributed by atoms with Gasteiger partial charge in [-0.3, -0.25) is 10.1 Å². The zero-order chi connectivity index (χ0) is 17.0. The van der Waals surface area contributed by atoms with E-state index in [0.29, 0.717) is 11.3 Å². The number of aliphatic hydroxyl groups is 4. The molecule has 1 aliphatic rings. The molecule has 8 heteroatoms. The Morgan fingerprint density at radius 2 is 1.91 bits per heavy atom. The van der Waals surface area contributed by atoms with E-state index in [1.165, 1.54) is 6.92 Å². The third kappa shape index (κ3) is 4.25. The quantitative estimate of drug-likeness (QED) is 0.326. The van der Waals surface area contributed by atoms with Gasteiger partial charge in [0.05, 0.1) is 6.61 Å². The zero-order valence-electron chi connectivity index (χ0n) is 12.6. The van der Waals surface area contributed by atoms with Gasteiger partial charge in [0.15, 0.2) is 0 Å². The van der Waals surface area contributed by atoms with Crippen LogP contribution in [-0.4, -0.2) is 63.6 Å². The van der Waals surface area contributed by atoms with Crippen molar-refractivity contribution in [1.82, 2.24) is 5.32 Å². The fourth-order valence-electron chi connectivity index (χ4n) is 2.39. The van der Waals surface area contributed by atoms with E-state index in [1.807, 2.05) is 0 Å². The lowest BCUT2D eigenvalue weighted by Crippen LogP contribution is -2.62. The zero-order valence-corrected chi connectivity index (χ0v) is 12.6. The van der Waals surface area contributed by atoms with Crippen molar-refractivity contribution >= 4 is 5.97 Å². The van der Waals surface area contributed by atoms with E-state index in [1.54, 1.807) is 24.3 Å². The molecule has 128 valence electrons. The van der Waals surface area contributed by atoms with Gasteiger partial charge >= 0.3 is 5.97 Å². The molecule has 1 unspecified atom stereocenters. The summed E-state index contributed by atoms with van der Waals surface area (Å²) >= 11 is 0. The number of nitrogens with one attached hydrogen (secondary N) is 1. The Balaban J connectivity index is 2.04. The standard InChI is InChI=1S/C15H21NO7/c1-8(18)22-10-5-3-2-4-9(10)6-16-15-14(21)13(20)12(19)11(7-17)23-15/h2-5,11-17,19-21H,6-7H2,1H3/t11-,12+,13-,14+,15?/m1/s1. The van der Waals surface area contributed by atoms with Crippen LogP contribution in [0.1, 0.15) is 12.5 Å². The van der Waals surface area contributed by atoms with E-state index in [9.17, 15) is 20.1 Å². The number of aliphatic hydroxyl groups excluding tert-OH is 4.